The highest BCUT2D eigenvalue weighted by atomic mass is 16.2. The highest BCUT2D eigenvalue weighted by Crippen LogP contribution is 2.11. The number of aryl methyl sites for hydroxylation is 1. The van der Waals surface area contributed by atoms with Gasteiger partial charge in [0.2, 0.25) is 5.91 Å². The van der Waals surface area contributed by atoms with Crippen LogP contribution in [0.4, 0.5) is 0 Å². The maximum atomic E-state index is 12.7. The van der Waals surface area contributed by atoms with E-state index in [1.807, 2.05) is 23.1 Å². The molecule has 0 aliphatic carbocycles. The number of nitrogens with zero attached hydrogens (tertiary/aromatic N) is 3. The molecule has 0 bridgehead atoms. The molecule has 1 amide bonds. The summed E-state index contributed by atoms with van der Waals surface area (Å²) in [6, 6.07) is 17.3. The van der Waals surface area contributed by atoms with Crippen molar-refractivity contribution in [2.24, 2.45) is 0 Å². The Morgan fingerprint density at radius 1 is 0.897 bits per heavy atom. The van der Waals surface area contributed by atoms with E-state index in [0.717, 1.165) is 19.6 Å². The Morgan fingerprint density at radius 3 is 2.34 bits per heavy atom. The van der Waals surface area contributed by atoms with Crippen molar-refractivity contribution in [3.8, 4) is 0 Å². The second-order valence-electron chi connectivity index (χ2n) is 7.32. The fourth-order valence-corrected chi connectivity index (χ4v) is 3.83. The number of carbonyl (C=O) groups is 1. The molecule has 1 aliphatic rings. The van der Waals surface area contributed by atoms with Crippen LogP contribution in [0.15, 0.2) is 64.2 Å². The van der Waals surface area contributed by atoms with Crippen molar-refractivity contribution in [3.63, 3.8) is 0 Å². The number of aromatic amines is 1. The van der Waals surface area contributed by atoms with Gasteiger partial charge in [-0.25, -0.2) is 4.79 Å². The van der Waals surface area contributed by atoms with Gasteiger partial charge in [-0.3, -0.25) is 24.0 Å². The number of carbonyl (C=O) groups excluding carboxylic acids is 1. The predicted octanol–water partition coefficient (Wildman–Crippen LogP) is 1.42. The molecular formula is C22H24N4O3. The first-order chi connectivity index (χ1) is 14.1. The number of H-pyrrole nitrogens is 1. The molecule has 7 nitrogen and oxygen atoms in total. The number of hydrogen-bond donors (Lipinski definition) is 1. The summed E-state index contributed by atoms with van der Waals surface area (Å²) in [5.41, 5.74) is 0.954. The fourth-order valence-electron chi connectivity index (χ4n) is 3.83. The number of fused-ring (bicyclic) bond motifs is 1. The van der Waals surface area contributed by atoms with E-state index >= 15 is 0 Å². The number of benzene rings is 2. The van der Waals surface area contributed by atoms with Crippen molar-refractivity contribution in [3.05, 3.63) is 81.0 Å². The van der Waals surface area contributed by atoms with E-state index in [1.54, 1.807) is 24.3 Å². The zero-order valence-electron chi connectivity index (χ0n) is 16.2. The van der Waals surface area contributed by atoms with Gasteiger partial charge in [-0.05, 0) is 17.7 Å². The average Bonchev–Trinajstić information content (AvgIpc) is 2.75. The normalized spacial score (nSPS) is 15.0. The molecule has 150 valence electrons. The monoisotopic (exact) mass is 392 g/mol. The molecule has 0 radical (unpaired) electrons. The zero-order valence-corrected chi connectivity index (χ0v) is 16.2. The minimum atomic E-state index is -0.478. The first-order valence-electron chi connectivity index (χ1n) is 9.88. The number of rotatable bonds is 5. The Bertz CT molecular complexity index is 1110. The number of nitrogens with one attached hydrogen (secondary N) is 1. The molecule has 0 spiro atoms. The molecule has 2 heterocycles. The molecule has 2 aromatic carbocycles. The first kappa shape index (κ1) is 19.1. The molecular weight excluding hydrogens is 368 g/mol. The summed E-state index contributed by atoms with van der Waals surface area (Å²) >= 11 is 0. The lowest BCUT2D eigenvalue weighted by atomic mass is 10.2. The van der Waals surface area contributed by atoms with Crippen molar-refractivity contribution in [1.29, 1.82) is 0 Å². The Balaban J connectivity index is 1.36. The van der Waals surface area contributed by atoms with Gasteiger partial charge < -0.3 is 4.90 Å². The highest BCUT2D eigenvalue weighted by molar-refractivity contribution is 5.79. The lowest BCUT2D eigenvalue weighted by molar-refractivity contribution is -0.133. The topological polar surface area (TPSA) is 78.4 Å². The van der Waals surface area contributed by atoms with Crippen LogP contribution in [0.2, 0.25) is 0 Å². The third-order valence-electron chi connectivity index (χ3n) is 5.43. The molecule has 0 atom stereocenters. The van der Waals surface area contributed by atoms with Crippen molar-refractivity contribution in [2.75, 3.05) is 26.2 Å². The summed E-state index contributed by atoms with van der Waals surface area (Å²) in [5, 5.41) is 0.453. The predicted molar refractivity (Wildman–Crippen MR) is 112 cm³/mol. The van der Waals surface area contributed by atoms with Crippen LogP contribution in [0, 0.1) is 0 Å². The van der Waals surface area contributed by atoms with Crippen LogP contribution >= 0.6 is 0 Å². The second kappa shape index (κ2) is 8.45. The Kier molecular flexibility index (Phi) is 5.57. The van der Waals surface area contributed by atoms with E-state index in [-0.39, 0.29) is 18.9 Å². The Morgan fingerprint density at radius 2 is 1.59 bits per heavy atom. The van der Waals surface area contributed by atoms with Crippen LogP contribution in [0.3, 0.4) is 0 Å². The average molecular weight is 392 g/mol. The van der Waals surface area contributed by atoms with E-state index in [1.165, 1.54) is 10.1 Å². The number of piperazine rings is 1. The van der Waals surface area contributed by atoms with E-state index < -0.39 is 11.2 Å². The second-order valence-corrected chi connectivity index (χ2v) is 7.32. The molecule has 7 heteroatoms. The molecule has 1 aliphatic heterocycles. The van der Waals surface area contributed by atoms with Gasteiger partial charge in [0, 0.05) is 45.7 Å². The molecule has 0 unspecified atom stereocenters. The van der Waals surface area contributed by atoms with Crippen molar-refractivity contribution < 1.29 is 4.79 Å². The van der Waals surface area contributed by atoms with Gasteiger partial charge in [-0.15, -0.1) is 0 Å². The summed E-state index contributed by atoms with van der Waals surface area (Å²) in [6.07, 6.45) is 0.231. The first-order valence-corrected chi connectivity index (χ1v) is 9.88. The summed E-state index contributed by atoms with van der Waals surface area (Å²) in [4.78, 5) is 43.4. The van der Waals surface area contributed by atoms with E-state index in [2.05, 4.69) is 22.0 Å². The van der Waals surface area contributed by atoms with E-state index in [9.17, 15) is 14.4 Å². The minimum absolute atomic E-state index is 0.0338. The number of para-hydroxylation sites is 1. The molecule has 1 saturated heterocycles. The zero-order chi connectivity index (χ0) is 20.2. The Labute approximate surface area is 168 Å². The summed E-state index contributed by atoms with van der Waals surface area (Å²) < 4.78 is 1.47. The SMILES string of the molecule is O=C(CCn1c(=O)[nH]c(=O)c2ccccc21)N1CCN(Cc2ccccc2)CC1. The fraction of sp³-hybridized carbons (Fsp3) is 0.318. The Hall–Kier alpha value is -3.19. The molecule has 3 aromatic rings. The quantitative estimate of drug-likeness (QED) is 0.712. The van der Waals surface area contributed by atoms with Crippen molar-refractivity contribution >= 4 is 16.8 Å². The van der Waals surface area contributed by atoms with Crippen LogP contribution in [0.25, 0.3) is 10.9 Å². The maximum absolute atomic E-state index is 12.7. The third-order valence-corrected chi connectivity index (χ3v) is 5.43. The smallest absolute Gasteiger partial charge is 0.328 e. The molecule has 4 rings (SSSR count). The molecule has 1 aromatic heterocycles. The van der Waals surface area contributed by atoms with Crippen LogP contribution in [-0.2, 0) is 17.9 Å². The van der Waals surface area contributed by atoms with Crippen molar-refractivity contribution in [1.82, 2.24) is 19.4 Å². The number of aromatic nitrogens is 2. The largest absolute Gasteiger partial charge is 0.340 e. The van der Waals surface area contributed by atoms with E-state index in [0.29, 0.717) is 24.0 Å². The molecule has 29 heavy (non-hydrogen) atoms. The summed E-state index contributed by atoms with van der Waals surface area (Å²) in [5.74, 6) is 0.0338. The minimum Gasteiger partial charge on any atom is -0.340 e. The number of amides is 1. The van der Waals surface area contributed by atoms with E-state index in [4.69, 9.17) is 0 Å². The highest BCUT2D eigenvalue weighted by Gasteiger charge is 2.21. The molecule has 1 N–H and O–H groups in total. The maximum Gasteiger partial charge on any atom is 0.328 e. The standard InChI is InChI=1S/C22H24N4O3/c27-20(25-14-12-24(13-15-25)16-17-6-2-1-3-7-17)10-11-26-19-9-5-4-8-18(19)21(28)23-22(26)29/h1-9H,10-16H2,(H,23,28,29). The van der Waals surface area contributed by atoms with Gasteiger partial charge in [0.1, 0.15) is 0 Å². The lowest BCUT2D eigenvalue weighted by Crippen LogP contribution is -2.48. The lowest BCUT2D eigenvalue weighted by Gasteiger charge is -2.34. The molecule has 0 saturated carbocycles. The van der Waals surface area contributed by atoms with Crippen LogP contribution < -0.4 is 11.2 Å². The third kappa shape index (κ3) is 4.30. The van der Waals surface area contributed by atoms with Crippen LogP contribution in [-0.4, -0.2) is 51.4 Å². The van der Waals surface area contributed by atoms with Crippen molar-refractivity contribution in [2.45, 2.75) is 19.5 Å². The van der Waals surface area contributed by atoms with Gasteiger partial charge in [0.15, 0.2) is 0 Å². The van der Waals surface area contributed by atoms with Gasteiger partial charge in [0.05, 0.1) is 10.9 Å². The number of hydrogen-bond acceptors (Lipinski definition) is 4. The van der Waals surface area contributed by atoms with Gasteiger partial charge >= 0.3 is 5.69 Å². The summed E-state index contributed by atoms with van der Waals surface area (Å²) in [7, 11) is 0. The van der Waals surface area contributed by atoms with Crippen LogP contribution in [0.5, 0.6) is 0 Å². The summed E-state index contributed by atoms with van der Waals surface area (Å²) in [6.45, 7) is 4.19. The van der Waals surface area contributed by atoms with Gasteiger partial charge in [-0.2, -0.15) is 0 Å². The van der Waals surface area contributed by atoms with Gasteiger partial charge in [0.25, 0.3) is 5.56 Å². The van der Waals surface area contributed by atoms with Gasteiger partial charge in [-0.1, -0.05) is 42.5 Å². The molecule has 1 fully saturated rings. The van der Waals surface area contributed by atoms with Crippen LogP contribution in [0.1, 0.15) is 12.0 Å².